The van der Waals surface area contributed by atoms with Crippen LogP contribution in [-0.4, -0.2) is 63.4 Å². The van der Waals surface area contributed by atoms with Gasteiger partial charge >= 0.3 is 0 Å². The van der Waals surface area contributed by atoms with Gasteiger partial charge in [0.2, 0.25) is 21.8 Å². The molecule has 0 bridgehead atoms. The number of amides is 2. The average Bonchev–Trinajstić information content (AvgIpc) is 2.89. The Morgan fingerprint density at radius 2 is 1.93 bits per heavy atom. The van der Waals surface area contributed by atoms with Crippen LogP contribution < -0.4 is 10.2 Å². The van der Waals surface area contributed by atoms with Gasteiger partial charge in [0.25, 0.3) is 0 Å². The molecule has 0 saturated carbocycles. The van der Waals surface area contributed by atoms with Gasteiger partial charge in [0.15, 0.2) is 0 Å². The lowest BCUT2D eigenvalue weighted by molar-refractivity contribution is -0.125. The molecule has 3 rings (SSSR count). The highest BCUT2D eigenvalue weighted by Gasteiger charge is 2.45. The maximum Gasteiger partial charge on any atom is 0.243 e. The number of benzene rings is 1. The molecule has 1 N–H and O–H groups in total. The number of hydrogen-bond donors (Lipinski definition) is 1. The van der Waals surface area contributed by atoms with Crippen molar-refractivity contribution in [1.82, 2.24) is 9.62 Å². The summed E-state index contributed by atoms with van der Waals surface area (Å²) < 4.78 is 32.6. The van der Waals surface area contributed by atoms with E-state index in [0.29, 0.717) is 37.6 Å². The molecule has 2 aliphatic rings. The number of hydrogen-bond acceptors (Lipinski definition) is 5. The Balaban J connectivity index is 1.91. The Morgan fingerprint density at radius 3 is 2.55 bits per heavy atom. The monoisotopic (exact) mass is 423 g/mol. The first-order chi connectivity index (χ1) is 13.6. The Hall–Kier alpha value is -1.97. The molecule has 2 heterocycles. The smallest absolute Gasteiger partial charge is 0.243 e. The van der Waals surface area contributed by atoms with E-state index in [1.165, 1.54) is 15.3 Å². The zero-order chi connectivity index (χ0) is 21.4. The van der Waals surface area contributed by atoms with Crippen molar-refractivity contribution in [3.8, 4) is 0 Å². The normalized spacial score (nSPS) is 20.4. The SMILES string of the molecule is CC[C@@H](C)NC(=O)CN1C(=O)C(C)(C)c2cc(S(=O)(=O)N3CCOCC3)ccc21. The molecule has 8 nitrogen and oxygen atoms in total. The van der Waals surface area contributed by atoms with E-state index in [4.69, 9.17) is 4.74 Å². The zero-order valence-electron chi connectivity index (χ0n) is 17.4. The van der Waals surface area contributed by atoms with Crippen molar-refractivity contribution in [3.63, 3.8) is 0 Å². The van der Waals surface area contributed by atoms with Gasteiger partial charge in [-0.3, -0.25) is 9.59 Å². The van der Waals surface area contributed by atoms with Gasteiger partial charge in [-0.2, -0.15) is 4.31 Å². The molecule has 0 unspecified atom stereocenters. The van der Waals surface area contributed by atoms with Crippen molar-refractivity contribution in [2.75, 3.05) is 37.7 Å². The van der Waals surface area contributed by atoms with Crippen molar-refractivity contribution < 1.29 is 22.7 Å². The van der Waals surface area contributed by atoms with Crippen LogP contribution in [0.2, 0.25) is 0 Å². The minimum atomic E-state index is -3.67. The summed E-state index contributed by atoms with van der Waals surface area (Å²) in [5.74, 6) is -0.450. The van der Waals surface area contributed by atoms with Gasteiger partial charge in [0.1, 0.15) is 6.54 Å². The highest BCUT2D eigenvalue weighted by atomic mass is 32.2. The molecule has 0 spiro atoms. The van der Waals surface area contributed by atoms with Gasteiger partial charge in [-0.25, -0.2) is 8.42 Å². The average molecular weight is 424 g/mol. The molecule has 0 aliphatic carbocycles. The Kier molecular flexibility index (Phi) is 6.03. The predicted molar refractivity (Wildman–Crippen MR) is 109 cm³/mol. The minimum absolute atomic E-state index is 0.0220. The molecule has 9 heteroatoms. The topological polar surface area (TPSA) is 96.0 Å². The third-order valence-electron chi connectivity index (χ3n) is 5.64. The van der Waals surface area contributed by atoms with E-state index >= 15 is 0 Å². The first-order valence-electron chi connectivity index (χ1n) is 9.92. The van der Waals surface area contributed by atoms with E-state index in [0.717, 1.165) is 6.42 Å². The van der Waals surface area contributed by atoms with Crippen LogP contribution in [0, 0.1) is 0 Å². The van der Waals surface area contributed by atoms with E-state index in [9.17, 15) is 18.0 Å². The zero-order valence-corrected chi connectivity index (χ0v) is 18.2. The molecule has 1 saturated heterocycles. The van der Waals surface area contributed by atoms with Crippen LogP contribution in [0.25, 0.3) is 0 Å². The summed E-state index contributed by atoms with van der Waals surface area (Å²) in [6, 6.07) is 4.74. The molecular weight excluding hydrogens is 394 g/mol. The number of nitrogens with zero attached hydrogens (tertiary/aromatic N) is 2. The van der Waals surface area contributed by atoms with Gasteiger partial charge in [0, 0.05) is 24.8 Å². The summed E-state index contributed by atoms with van der Waals surface area (Å²) in [7, 11) is -3.67. The van der Waals surface area contributed by atoms with Crippen LogP contribution in [0.15, 0.2) is 23.1 Å². The number of fused-ring (bicyclic) bond motifs is 1. The quantitative estimate of drug-likeness (QED) is 0.743. The summed E-state index contributed by atoms with van der Waals surface area (Å²) in [4.78, 5) is 27.0. The van der Waals surface area contributed by atoms with Crippen LogP contribution in [0.1, 0.15) is 39.7 Å². The van der Waals surface area contributed by atoms with Gasteiger partial charge < -0.3 is 15.0 Å². The number of morpholine rings is 1. The third kappa shape index (κ3) is 4.04. The molecule has 0 radical (unpaired) electrons. The van der Waals surface area contributed by atoms with Gasteiger partial charge in [-0.05, 0) is 51.0 Å². The highest BCUT2D eigenvalue weighted by molar-refractivity contribution is 7.89. The predicted octanol–water partition coefficient (Wildman–Crippen LogP) is 1.25. The molecule has 1 aromatic rings. The minimum Gasteiger partial charge on any atom is -0.379 e. The van der Waals surface area contributed by atoms with E-state index in [2.05, 4.69) is 5.32 Å². The lowest BCUT2D eigenvalue weighted by Crippen LogP contribution is -2.44. The molecule has 29 heavy (non-hydrogen) atoms. The third-order valence-corrected chi connectivity index (χ3v) is 7.54. The van der Waals surface area contributed by atoms with Gasteiger partial charge in [-0.15, -0.1) is 0 Å². The van der Waals surface area contributed by atoms with Crippen LogP contribution in [0.5, 0.6) is 0 Å². The molecule has 0 aromatic heterocycles. The van der Waals surface area contributed by atoms with Crippen LogP contribution in [0.3, 0.4) is 0 Å². The second-order valence-corrected chi connectivity index (χ2v) is 10.0. The molecule has 1 atom stereocenters. The lowest BCUT2D eigenvalue weighted by atomic mass is 9.86. The van der Waals surface area contributed by atoms with E-state index < -0.39 is 15.4 Å². The summed E-state index contributed by atoms with van der Waals surface area (Å²) in [5, 5.41) is 2.87. The van der Waals surface area contributed by atoms with Crippen molar-refractivity contribution in [2.45, 2.75) is 50.5 Å². The van der Waals surface area contributed by atoms with Crippen LogP contribution >= 0.6 is 0 Å². The standard InChI is InChI=1S/C20H29N3O5S/c1-5-14(2)21-18(24)13-23-17-7-6-15(12-16(17)20(3,4)19(23)25)29(26,27)22-8-10-28-11-9-22/h6-7,12,14H,5,8-11,13H2,1-4H3,(H,21,24)/t14-/m1/s1. The highest BCUT2D eigenvalue weighted by Crippen LogP contribution is 2.42. The summed E-state index contributed by atoms with van der Waals surface area (Å²) in [6.07, 6.45) is 0.796. The second-order valence-electron chi connectivity index (χ2n) is 8.09. The molecule has 2 aliphatic heterocycles. The van der Waals surface area contributed by atoms with Crippen molar-refractivity contribution in [2.24, 2.45) is 0 Å². The summed E-state index contributed by atoms with van der Waals surface area (Å²) in [6.45, 7) is 8.66. The fraction of sp³-hybridized carbons (Fsp3) is 0.600. The summed E-state index contributed by atoms with van der Waals surface area (Å²) in [5.41, 5.74) is 0.288. The van der Waals surface area contributed by atoms with E-state index in [1.54, 1.807) is 26.0 Å². The molecule has 160 valence electrons. The Morgan fingerprint density at radius 1 is 1.28 bits per heavy atom. The first kappa shape index (κ1) is 21.7. The van der Waals surface area contributed by atoms with Gasteiger partial charge in [-0.1, -0.05) is 6.92 Å². The number of nitrogens with one attached hydrogen (secondary N) is 1. The lowest BCUT2D eigenvalue weighted by Gasteiger charge is -2.26. The molecule has 2 amide bonds. The number of sulfonamides is 1. The summed E-state index contributed by atoms with van der Waals surface area (Å²) >= 11 is 0. The molecule has 1 fully saturated rings. The Labute approximate surface area is 172 Å². The van der Waals surface area contributed by atoms with Crippen LogP contribution in [-0.2, 0) is 29.8 Å². The van der Waals surface area contributed by atoms with Crippen molar-refractivity contribution >= 4 is 27.5 Å². The number of rotatable bonds is 6. The number of ether oxygens (including phenoxy) is 1. The number of anilines is 1. The Bertz CT molecular complexity index is 907. The van der Waals surface area contributed by atoms with Crippen LogP contribution in [0.4, 0.5) is 5.69 Å². The maximum absolute atomic E-state index is 13.0. The molecule has 1 aromatic carbocycles. The van der Waals surface area contributed by atoms with Gasteiger partial charge in [0.05, 0.1) is 23.5 Å². The first-order valence-corrected chi connectivity index (χ1v) is 11.4. The van der Waals surface area contributed by atoms with Crippen molar-refractivity contribution in [1.29, 1.82) is 0 Å². The fourth-order valence-electron chi connectivity index (χ4n) is 3.63. The maximum atomic E-state index is 13.0. The fourth-order valence-corrected chi connectivity index (χ4v) is 5.07. The van der Waals surface area contributed by atoms with E-state index in [1.807, 2.05) is 13.8 Å². The van der Waals surface area contributed by atoms with Crippen molar-refractivity contribution in [3.05, 3.63) is 23.8 Å². The largest absolute Gasteiger partial charge is 0.379 e. The van der Waals surface area contributed by atoms with E-state index in [-0.39, 0.29) is 29.3 Å². The number of carbonyl (C=O) groups is 2. The number of carbonyl (C=O) groups excluding carboxylic acids is 2. The molecular formula is C20H29N3O5S. The second kappa shape index (κ2) is 8.04.